The van der Waals surface area contributed by atoms with E-state index in [1.54, 1.807) is 0 Å². The summed E-state index contributed by atoms with van der Waals surface area (Å²) in [5.74, 6) is -0.868. The maximum Gasteiger partial charge on any atom is 0.328 e. The molecular formula is C12H22N2O2. The fraction of sp³-hybridized carbons (Fsp3) is 0.750. The van der Waals surface area contributed by atoms with Crippen LogP contribution in [0.5, 0.6) is 0 Å². The Bertz CT molecular complexity index is 260. The highest BCUT2D eigenvalue weighted by Crippen LogP contribution is 2.25. The second kappa shape index (κ2) is 6.66. The van der Waals surface area contributed by atoms with Crippen LogP contribution in [0.3, 0.4) is 0 Å². The van der Waals surface area contributed by atoms with E-state index >= 15 is 0 Å². The Morgan fingerprint density at radius 3 is 2.75 bits per heavy atom. The summed E-state index contributed by atoms with van der Waals surface area (Å²) in [4.78, 5) is 12.9. The minimum absolute atomic E-state index is 0.661. The molecule has 0 amide bonds. The largest absolute Gasteiger partial charge is 0.478 e. The van der Waals surface area contributed by atoms with Gasteiger partial charge >= 0.3 is 5.97 Å². The van der Waals surface area contributed by atoms with Crippen LogP contribution >= 0.6 is 0 Å². The van der Waals surface area contributed by atoms with Crippen LogP contribution in [0.2, 0.25) is 0 Å². The standard InChI is InChI=1S/C12H22N2O2/c1-3-14(11-4-5-11)7-6-13-9-10(2)8-12(15)16/h8,11,13H,3-7,9H2,1-2H3,(H,15,16). The molecule has 0 atom stereocenters. The third-order valence-corrected chi connectivity index (χ3v) is 2.82. The van der Waals surface area contributed by atoms with Gasteiger partial charge in [-0.2, -0.15) is 0 Å². The molecule has 0 spiro atoms. The Labute approximate surface area is 97.3 Å². The Morgan fingerprint density at radius 2 is 2.25 bits per heavy atom. The van der Waals surface area contributed by atoms with Crippen molar-refractivity contribution in [2.24, 2.45) is 0 Å². The minimum Gasteiger partial charge on any atom is -0.478 e. The van der Waals surface area contributed by atoms with Crippen molar-refractivity contribution in [3.8, 4) is 0 Å². The van der Waals surface area contributed by atoms with E-state index in [1.165, 1.54) is 18.9 Å². The van der Waals surface area contributed by atoms with Crippen molar-refractivity contribution < 1.29 is 9.90 Å². The molecule has 2 N–H and O–H groups in total. The molecule has 1 saturated carbocycles. The lowest BCUT2D eigenvalue weighted by atomic mass is 10.3. The summed E-state index contributed by atoms with van der Waals surface area (Å²) >= 11 is 0. The third-order valence-electron chi connectivity index (χ3n) is 2.82. The van der Waals surface area contributed by atoms with E-state index in [-0.39, 0.29) is 0 Å². The van der Waals surface area contributed by atoms with Gasteiger partial charge in [0.25, 0.3) is 0 Å². The first-order valence-electron chi connectivity index (χ1n) is 5.98. The topological polar surface area (TPSA) is 52.6 Å². The van der Waals surface area contributed by atoms with Crippen LogP contribution in [-0.4, -0.2) is 48.2 Å². The molecule has 0 bridgehead atoms. The Hall–Kier alpha value is -0.870. The number of hydrogen-bond acceptors (Lipinski definition) is 3. The van der Waals surface area contributed by atoms with Gasteiger partial charge in [-0.1, -0.05) is 12.5 Å². The maximum atomic E-state index is 10.4. The highest BCUT2D eigenvalue weighted by atomic mass is 16.4. The summed E-state index contributed by atoms with van der Waals surface area (Å²) in [6, 6.07) is 0.808. The van der Waals surface area contributed by atoms with E-state index < -0.39 is 5.97 Å². The zero-order chi connectivity index (χ0) is 12.0. The molecule has 0 aromatic carbocycles. The second-order valence-corrected chi connectivity index (χ2v) is 4.37. The van der Waals surface area contributed by atoms with Crippen molar-refractivity contribution in [2.45, 2.75) is 32.7 Å². The van der Waals surface area contributed by atoms with Crippen molar-refractivity contribution in [3.05, 3.63) is 11.6 Å². The Balaban J connectivity index is 2.08. The van der Waals surface area contributed by atoms with E-state index in [0.717, 1.165) is 31.2 Å². The first-order valence-corrected chi connectivity index (χ1v) is 5.98. The molecule has 4 heteroatoms. The minimum atomic E-state index is -0.868. The van der Waals surface area contributed by atoms with Crippen molar-refractivity contribution in [3.63, 3.8) is 0 Å². The monoisotopic (exact) mass is 226 g/mol. The molecule has 0 heterocycles. The molecule has 1 fully saturated rings. The van der Waals surface area contributed by atoms with Gasteiger partial charge in [0.2, 0.25) is 0 Å². The molecule has 0 aliphatic heterocycles. The summed E-state index contributed by atoms with van der Waals surface area (Å²) in [6.45, 7) is 7.77. The van der Waals surface area contributed by atoms with Crippen LogP contribution < -0.4 is 5.32 Å². The second-order valence-electron chi connectivity index (χ2n) is 4.37. The number of hydrogen-bond donors (Lipinski definition) is 2. The number of carboxylic acid groups (broad SMARTS) is 1. The van der Waals surface area contributed by atoms with Gasteiger partial charge in [0, 0.05) is 31.8 Å². The molecule has 0 saturated heterocycles. The quantitative estimate of drug-likeness (QED) is 0.480. The maximum absolute atomic E-state index is 10.4. The number of nitrogens with zero attached hydrogens (tertiary/aromatic N) is 1. The molecule has 0 unspecified atom stereocenters. The average molecular weight is 226 g/mol. The highest BCUT2D eigenvalue weighted by Gasteiger charge is 2.26. The van der Waals surface area contributed by atoms with E-state index in [4.69, 9.17) is 5.11 Å². The summed E-state index contributed by atoms with van der Waals surface area (Å²) in [5.41, 5.74) is 0.863. The smallest absolute Gasteiger partial charge is 0.328 e. The van der Waals surface area contributed by atoms with Gasteiger partial charge in [0.05, 0.1) is 0 Å². The molecule has 1 aliphatic rings. The molecule has 4 nitrogen and oxygen atoms in total. The van der Waals surface area contributed by atoms with Crippen molar-refractivity contribution >= 4 is 5.97 Å². The number of aliphatic carboxylic acids is 1. The first-order chi connectivity index (χ1) is 7.63. The van der Waals surface area contributed by atoms with Crippen molar-refractivity contribution in [2.75, 3.05) is 26.2 Å². The number of rotatable bonds is 8. The summed E-state index contributed by atoms with van der Waals surface area (Å²) in [5, 5.41) is 11.8. The van der Waals surface area contributed by atoms with Gasteiger partial charge in [0.15, 0.2) is 0 Å². The third kappa shape index (κ3) is 5.28. The molecule has 0 radical (unpaired) electrons. The molecule has 92 valence electrons. The van der Waals surface area contributed by atoms with Gasteiger partial charge in [-0.05, 0) is 26.3 Å². The zero-order valence-corrected chi connectivity index (χ0v) is 10.2. The lowest BCUT2D eigenvalue weighted by Gasteiger charge is -2.19. The lowest BCUT2D eigenvalue weighted by molar-refractivity contribution is -0.131. The van der Waals surface area contributed by atoms with Crippen molar-refractivity contribution in [1.82, 2.24) is 10.2 Å². The lowest BCUT2D eigenvalue weighted by Crippen LogP contribution is -2.34. The summed E-state index contributed by atoms with van der Waals surface area (Å²) in [6.07, 6.45) is 3.93. The number of carboxylic acids is 1. The SMILES string of the molecule is CCN(CCNCC(C)=CC(=O)O)C1CC1. The van der Waals surface area contributed by atoms with Gasteiger partial charge in [-0.25, -0.2) is 4.79 Å². The fourth-order valence-electron chi connectivity index (χ4n) is 1.81. The molecular weight excluding hydrogens is 204 g/mol. The van der Waals surface area contributed by atoms with Crippen LogP contribution in [-0.2, 0) is 4.79 Å². The number of likely N-dealkylation sites (N-methyl/N-ethyl adjacent to an activating group) is 1. The van der Waals surface area contributed by atoms with Gasteiger partial charge in [-0.15, -0.1) is 0 Å². The number of carbonyl (C=O) groups is 1. The van der Waals surface area contributed by atoms with Crippen LogP contribution in [0, 0.1) is 0 Å². The molecule has 1 rings (SSSR count). The predicted octanol–water partition coefficient (Wildman–Crippen LogP) is 1.09. The molecule has 0 aromatic heterocycles. The number of nitrogens with one attached hydrogen (secondary N) is 1. The average Bonchev–Trinajstić information content (AvgIpc) is 3.00. The van der Waals surface area contributed by atoms with E-state index in [0.29, 0.717) is 6.54 Å². The van der Waals surface area contributed by atoms with Crippen LogP contribution in [0.1, 0.15) is 26.7 Å². The first kappa shape index (κ1) is 13.2. The summed E-state index contributed by atoms with van der Waals surface area (Å²) in [7, 11) is 0. The molecule has 0 aromatic rings. The van der Waals surface area contributed by atoms with E-state index in [1.807, 2.05) is 6.92 Å². The highest BCUT2D eigenvalue weighted by molar-refractivity contribution is 5.80. The van der Waals surface area contributed by atoms with E-state index in [9.17, 15) is 4.79 Å². The Morgan fingerprint density at radius 1 is 1.56 bits per heavy atom. The zero-order valence-electron chi connectivity index (χ0n) is 10.2. The predicted molar refractivity (Wildman–Crippen MR) is 64.5 cm³/mol. The Kier molecular flexibility index (Phi) is 5.49. The molecule has 1 aliphatic carbocycles. The van der Waals surface area contributed by atoms with Gasteiger partial charge in [0.1, 0.15) is 0 Å². The van der Waals surface area contributed by atoms with Gasteiger partial charge in [-0.3, -0.25) is 4.90 Å². The van der Waals surface area contributed by atoms with Gasteiger partial charge < -0.3 is 10.4 Å². The fourth-order valence-corrected chi connectivity index (χ4v) is 1.81. The summed E-state index contributed by atoms with van der Waals surface area (Å²) < 4.78 is 0. The van der Waals surface area contributed by atoms with Crippen LogP contribution in [0.25, 0.3) is 0 Å². The van der Waals surface area contributed by atoms with Crippen LogP contribution in [0.4, 0.5) is 0 Å². The van der Waals surface area contributed by atoms with E-state index in [2.05, 4.69) is 17.1 Å². The van der Waals surface area contributed by atoms with Crippen molar-refractivity contribution in [1.29, 1.82) is 0 Å². The van der Waals surface area contributed by atoms with Crippen LogP contribution in [0.15, 0.2) is 11.6 Å². The molecule has 16 heavy (non-hydrogen) atoms. The normalized spacial score (nSPS) is 16.8.